The van der Waals surface area contributed by atoms with Gasteiger partial charge in [0.15, 0.2) is 5.96 Å². The van der Waals surface area contributed by atoms with E-state index in [0.29, 0.717) is 25.7 Å². The first-order chi connectivity index (χ1) is 16.1. The Labute approximate surface area is 192 Å². The molecule has 3 aromatic rings. The molecule has 0 aromatic heterocycles. The van der Waals surface area contributed by atoms with Crippen LogP contribution in [0.3, 0.4) is 0 Å². The van der Waals surface area contributed by atoms with Gasteiger partial charge in [0.2, 0.25) is 0 Å². The Balaban J connectivity index is 1.51. The lowest BCUT2D eigenvalue weighted by molar-refractivity contribution is -0.384. The maximum atomic E-state index is 10.9. The fraction of sp³-hybridized carbons (Fsp3) is 0.240. The van der Waals surface area contributed by atoms with E-state index in [1.54, 1.807) is 19.2 Å². The van der Waals surface area contributed by atoms with Gasteiger partial charge in [-0.3, -0.25) is 10.1 Å². The third-order valence-corrected chi connectivity index (χ3v) is 5.43. The van der Waals surface area contributed by atoms with Crippen LogP contribution in [-0.4, -0.2) is 24.6 Å². The molecule has 1 atom stereocenters. The summed E-state index contributed by atoms with van der Waals surface area (Å²) in [5.74, 6) is 2.32. The van der Waals surface area contributed by atoms with E-state index < -0.39 is 4.92 Å². The Kier molecular flexibility index (Phi) is 7.04. The molecule has 0 aliphatic carbocycles. The Morgan fingerprint density at radius 1 is 1.12 bits per heavy atom. The van der Waals surface area contributed by atoms with Crippen LogP contribution in [0.5, 0.6) is 11.5 Å². The lowest BCUT2D eigenvalue weighted by Crippen LogP contribution is -2.40. The number of ether oxygens (including phenoxy) is 2. The predicted molar refractivity (Wildman–Crippen MR) is 126 cm³/mol. The minimum atomic E-state index is -0.400. The fourth-order valence-electron chi connectivity index (χ4n) is 3.67. The summed E-state index contributed by atoms with van der Waals surface area (Å²) < 4.78 is 11.1. The number of hydrogen-bond donors (Lipinski definition) is 2. The van der Waals surface area contributed by atoms with Gasteiger partial charge < -0.3 is 20.1 Å². The van der Waals surface area contributed by atoms with Gasteiger partial charge in [-0.1, -0.05) is 42.5 Å². The molecule has 0 fully saturated rings. The SMILES string of the molecule is COc1cccc(CN=C(NCc2ccc([N+](=O)[O-])cc2)NC2CCOc3ccccc32)c1. The molecule has 4 rings (SSSR count). The molecule has 0 bridgehead atoms. The van der Waals surface area contributed by atoms with Gasteiger partial charge in [-0.25, -0.2) is 4.99 Å². The number of aliphatic imine (C=N–C) groups is 1. The van der Waals surface area contributed by atoms with Crippen LogP contribution in [0.25, 0.3) is 0 Å². The van der Waals surface area contributed by atoms with Crippen LogP contribution in [0, 0.1) is 10.1 Å². The quantitative estimate of drug-likeness (QED) is 0.242. The third kappa shape index (κ3) is 5.79. The summed E-state index contributed by atoms with van der Waals surface area (Å²) >= 11 is 0. The van der Waals surface area contributed by atoms with Crippen molar-refractivity contribution in [2.24, 2.45) is 4.99 Å². The van der Waals surface area contributed by atoms with Gasteiger partial charge in [-0.05, 0) is 29.3 Å². The Morgan fingerprint density at radius 3 is 2.73 bits per heavy atom. The number of rotatable bonds is 7. The predicted octanol–water partition coefficient (Wildman–Crippen LogP) is 4.36. The summed E-state index contributed by atoms with van der Waals surface area (Å²) in [7, 11) is 1.64. The molecule has 170 valence electrons. The number of non-ortho nitro benzene ring substituents is 1. The zero-order chi connectivity index (χ0) is 23.0. The lowest BCUT2D eigenvalue weighted by Gasteiger charge is -2.28. The second-order valence-electron chi connectivity index (χ2n) is 7.67. The summed E-state index contributed by atoms with van der Waals surface area (Å²) in [5.41, 5.74) is 3.11. The minimum Gasteiger partial charge on any atom is -0.497 e. The molecule has 8 nitrogen and oxygen atoms in total. The molecular weight excluding hydrogens is 420 g/mol. The highest BCUT2D eigenvalue weighted by Gasteiger charge is 2.22. The smallest absolute Gasteiger partial charge is 0.269 e. The minimum absolute atomic E-state index is 0.0587. The monoisotopic (exact) mass is 446 g/mol. The summed E-state index contributed by atoms with van der Waals surface area (Å²) in [4.78, 5) is 15.3. The van der Waals surface area contributed by atoms with Gasteiger partial charge in [-0.15, -0.1) is 0 Å². The Bertz CT molecular complexity index is 1130. The Morgan fingerprint density at radius 2 is 1.94 bits per heavy atom. The van der Waals surface area contributed by atoms with Crippen LogP contribution < -0.4 is 20.1 Å². The third-order valence-electron chi connectivity index (χ3n) is 5.43. The first-order valence-electron chi connectivity index (χ1n) is 10.8. The van der Waals surface area contributed by atoms with Crippen molar-refractivity contribution in [3.8, 4) is 11.5 Å². The largest absolute Gasteiger partial charge is 0.497 e. The van der Waals surface area contributed by atoms with Gasteiger partial charge >= 0.3 is 0 Å². The van der Waals surface area contributed by atoms with E-state index in [4.69, 9.17) is 14.5 Å². The van der Waals surface area contributed by atoms with Crippen molar-refractivity contribution in [1.82, 2.24) is 10.6 Å². The molecule has 1 unspecified atom stereocenters. The number of nitro groups is 1. The maximum absolute atomic E-state index is 10.9. The van der Waals surface area contributed by atoms with Gasteiger partial charge in [-0.2, -0.15) is 0 Å². The molecular formula is C25H26N4O4. The van der Waals surface area contributed by atoms with Crippen molar-refractivity contribution < 1.29 is 14.4 Å². The number of para-hydroxylation sites is 1. The highest BCUT2D eigenvalue weighted by Crippen LogP contribution is 2.31. The van der Waals surface area contributed by atoms with Crippen molar-refractivity contribution in [3.63, 3.8) is 0 Å². The van der Waals surface area contributed by atoms with Crippen molar-refractivity contribution in [2.75, 3.05) is 13.7 Å². The van der Waals surface area contributed by atoms with Crippen molar-refractivity contribution in [2.45, 2.75) is 25.6 Å². The summed E-state index contributed by atoms with van der Waals surface area (Å²) in [6.45, 7) is 1.57. The van der Waals surface area contributed by atoms with Crippen LogP contribution in [0.4, 0.5) is 5.69 Å². The highest BCUT2D eigenvalue weighted by atomic mass is 16.6. The summed E-state index contributed by atoms with van der Waals surface area (Å²) in [6.07, 6.45) is 0.814. The van der Waals surface area contributed by atoms with Crippen LogP contribution >= 0.6 is 0 Å². The molecule has 0 saturated heterocycles. The topological polar surface area (TPSA) is 98.0 Å². The van der Waals surface area contributed by atoms with Gasteiger partial charge in [0, 0.05) is 30.7 Å². The number of fused-ring (bicyclic) bond motifs is 1. The van der Waals surface area contributed by atoms with Crippen molar-refractivity contribution in [3.05, 3.63) is 99.6 Å². The number of benzene rings is 3. The van der Waals surface area contributed by atoms with Crippen LogP contribution in [0.1, 0.15) is 29.2 Å². The average Bonchev–Trinajstić information content (AvgIpc) is 2.86. The zero-order valence-corrected chi connectivity index (χ0v) is 18.4. The first kappa shape index (κ1) is 22.1. The van der Waals surface area contributed by atoms with Gasteiger partial charge in [0.05, 0.1) is 31.2 Å². The number of nitro benzene ring substituents is 1. The molecule has 3 aromatic carbocycles. The molecule has 33 heavy (non-hydrogen) atoms. The average molecular weight is 447 g/mol. The molecule has 0 spiro atoms. The van der Waals surface area contributed by atoms with E-state index >= 15 is 0 Å². The maximum Gasteiger partial charge on any atom is 0.269 e. The van der Waals surface area contributed by atoms with Crippen LogP contribution in [0.2, 0.25) is 0 Å². The summed E-state index contributed by atoms with van der Waals surface area (Å²) in [6, 6.07) is 22.4. The normalized spacial score (nSPS) is 15.2. The van der Waals surface area contributed by atoms with E-state index in [-0.39, 0.29) is 11.7 Å². The van der Waals surface area contributed by atoms with Crippen LogP contribution in [0.15, 0.2) is 77.8 Å². The van der Waals surface area contributed by atoms with E-state index in [1.165, 1.54) is 12.1 Å². The number of nitrogens with one attached hydrogen (secondary N) is 2. The van der Waals surface area contributed by atoms with E-state index in [0.717, 1.165) is 34.6 Å². The molecule has 0 amide bonds. The zero-order valence-electron chi connectivity index (χ0n) is 18.4. The second-order valence-corrected chi connectivity index (χ2v) is 7.67. The van der Waals surface area contributed by atoms with Gasteiger partial charge in [0.1, 0.15) is 11.5 Å². The Hall–Kier alpha value is -4.07. The standard InChI is InChI=1S/C25H26N4O4/c1-32-21-6-4-5-19(15-21)17-27-25(26-16-18-9-11-20(12-10-18)29(30)31)28-23-13-14-33-24-8-3-2-7-22(23)24/h2-12,15,23H,13-14,16-17H2,1H3,(H2,26,27,28). The number of nitrogens with zero attached hydrogens (tertiary/aromatic N) is 2. The highest BCUT2D eigenvalue weighted by molar-refractivity contribution is 5.80. The number of methoxy groups -OCH3 is 1. The van der Waals surface area contributed by atoms with Crippen molar-refractivity contribution >= 4 is 11.6 Å². The number of hydrogen-bond acceptors (Lipinski definition) is 5. The lowest BCUT2D eigenvalue weighted by atomic mass is 10.0. The fourth-order valence-corrected chi connectivity index (χ4v) is 3.67. The van der Waals surface area contributed by atoms with E-state index in [2.05, 4.69) is 16.7 Å². The number of guanidine groups is 1. The van der Waals surface area contributed by atoms with Crippen LogP contribution in [-0.2, 0) is 13.1 Å². The second kappa shape index (κ2) is 10.5. The van der Waals surface area contributed by atoms with E-state index in [1.807, 2.05) is 42.5 Å². The molecule has 2 N–H and O–H groups in total. The van der Waals surface area contributed by atoms with E-state index in [9.17, 15) is 10.1 Å². The molecule has 1 aliphatic rings. The van der Waals surface area contributed by atoms with Gasteiger partial charge in [0.25, 0.3) is 5.69 Å². The molecule has 0 radical (unpaired) electrons. The van der Waals surface area contributed by atoms with Crippen molar-refractivity contribution in [1.29, 1.82) is 0 Å². The summed E-state index contributed by atoms with van der Waals surface area (Å²) in [5, 5.41) is 17.8. The molecule has 8 heteroatoms. The molecule has 0 saturated carbocycles. The molecule has 1 aliphatic heterocycles. The molecule has 1 heterocycles. The first-order valence-corrected chi connectivity index (χ1v) is 10.8.